The van der Waals surface area contributed by atoms with Crippen LogP contribution in [0.2, 0.25) is 0 Å². The Morgan fingerprint density at radius 1 is 0.964 bits per heavy atom. The number of nitrogens with one attached hydrogen (secondary N) is 1. The number of thioether (sulfide) groups is 1. The molecule has 2 unspecified atom stereocenters. The summed E-state index contributed by atoms with van der Waals surface area (Å²) in [6.07, 6.45) is 16.6. The van der Waals surface area contributed by atoms with Gasteiger partial charge in [-0.15, -0.1) is 13.2 Å². The summed E-state index contributed by atoms with van der Waals surface area (Å²) in [5, 5.41) is 3.50. The molecule has 0 bridgehead atoms. The fraction of sp³-hybridized carbons (Fsp3) is 0.538. The third-order valence-electron chi connectivity index (χ3n) is 4.74. The first kappa shape index (κ1) is 26.6. The van der Waals surface area contributed by atoms with Crippen molar-refractivity contribution in [2.75, 3.05) is 11.5 Å². The smallest absolute Gasteiger partial charge is 0.0529 e. The summed E-state index contributed by atoms with van der Waals surface area (Å²) in [5.74, 6) is 2.47. The fourth-order valence-electron chi connectivity index (χ4n) is 2.68. The zero-order chi connectivity index (χ0) is 21.4. The Balaban J connectivity index is 4.12. The van der Waals surface area contributed by atoms with Crippen LogP contribution in [0.15, 0.2) is 72.5 Å². The maximum Gasteiger partial charge on any atom is 0.0529 e. The zero-order valence-corrected chi connectivity index (χ0v) is 19.8. The maximum absolute atomic E-state index is 4.16. The molecular weight excluding hydrogens is 358 g/mol. The van der Waals surface area contributed by atoms with Crippen LogP contribution in [-0.2, 0) is 0 Å². The molecule has 0 aliphatic rings. The lowest BCUT2D eigenvalue weighted by Gasteiger charge is -2.21. The third-order valence-corrected chi connectivity index (χ3v) is 5.74. The van der Waals surface area contributed by atoms with E-state index in [1.807, 2.05) is 23.9 Å². The lowest BCUT2D eigenvalue weighted by molar-refractivity contribution is 0.594. The molecule has 0 rings (SSSR count). The van der Waals surface area contributed by atoms with Crippen molar-refractivity contribution >= 4 is 11.8 Å². The summed E-state index contributed by atoms with van der Waals surface area (Å²) in [5.41, 5.74) is 5.47. The van der Waals surface area contributed by atoms with Crippen molar-refractivity contribution in [1.82, 2.24) is 5.32 Å². The summed E-state index contributed by atoms with van der Waals surface area (Å²) < 4.78 is 0. The first-order chi connectivity index (χ1) is 13.3. The van der Waals surface area contributed by atoms with Gasteiger partial charge in [0.2, 0.25) is 0 Å². The predicted octanol–water partition coefficient (Wildman–Crippen LogP) is 8.01. The van der Waals surface area contributed by atoms with Crippen LogP contribution in [0.25, 0.3) is 0 Å². The van der Waals surface area contributed by atoms with E-state index < -0.39 is 0 Å². The van der Waals surface area contributed by atoms with Gasteiger partial charge in [-0.2, -0.15) is 11.8 Å². The summed E-state index contributed by atoms with van der Waals surface area (Å²) in [6, 6.07) is 0.268. The van der Waals surface area contributed by atoms with E-state index in [1.54, 1.807) is 0 Å². The molecule has 2 atom stereocenters. The van der Waals surface area contributed by atoms with Crippen molar-refractivity contribution in [2.24, 2.45) is 5.92 Å². The van der Waals surface area contributed by atoms with Gasteiger partial charge >= 0.3 is 0 Å². The van der Waals surface area contributed by atoms with Gasteiger partial charge in [-0.25, -0.2) is 0 Å². The lowest BCUT2D eigenvalue weighted by atomic mass is 10.0. The Bertz CT molecular complexity index is 561. The molecule has 0 aromatic heterocycles. The average Bonchev–Trinajstić information content (AvgIpc) is 2.63. The monoisotopic (exact) mass is 401 g/mol. The standard InChI is InChI=1S/C26H43NS/c1-9-13-24(7)25(8)27-26(10-2)20-28-19-18-23(6)17-12-16-22(5)15-11-14-21(3)4/h9-10,14,16,18,24,26-27H,1-2,8,11-13,15,17,19-20H2,3-7H3/b22-16+,23-18+. The summed E-state index contributed by atoms with van der Waals surface area (Å²) in [7, 11) is 0. The third kappa shape index (κ3) is 14.6. The minimum atomic E-state index is 0.268. The molecule has 158 valence electrons. The van der Waals surface area contributed by atoms with Gasteiger partial charge in [-0.1, -0.05) is 60.6 Å². The molecule has 0 saturated carbocycles. The van der Waals surface area contributed by atoms with Crippen LogP contribution in [0.5, 0.6) is 0 Å². The average molecular weight is 402 g/mol. The Labute approximate surface area is 179 Å². The van der Waals surface area contributed by atoms with Crippen molar-refractivity contribution in [2.45, 2.75) is 72.8 Å². The fourth-order valence-corrected chi connectivity index (χ4v) is 3.69. The number of hydrogen-bond acceptors (Lipinski definition) is 2. The van der Waals surface area contributed by atoms with E-state index in [4.69, 9.17) is 0 Å². The highest BCUT2D eigenvalue weighted by molar-refractivity contribution is 7.99. The van der Waals surface area contributed by atoms with Gasteiger partial charge < -0.3 is 5.32 Å². The largest absolute Gasteiger partial charge is 0.382 e. The Morgan fingerprint density at radius 3 is 2.14 bits per heavy atom. The van der Waals surface area contributed by atoms with Crippen molar-refractivity contribution < 1.29 is 0 Å². The summed E-state index contributed by atoms with van der Waals surface area (Å²) in [4.78, 5) is 0. The van der Waals surface area contributed by atoms with Gasteiger partial charge in [-0.3, -0.25) is 0 Å². The van der Waals surface area contributed by atoms with E-state index in [0.29, 0.717) is 5.92 Å². The van der Waals surface area contributed by atoms with Crippen LogP contribution in [0.4, 0.5) is 0 Å². The number of allylic oxidation sites excluding steroid dienone is 7. The molecule has 1 N–H and O–H groups in total. The van der Waals surface area contributed by atoms with Crippen molar-refractivity contribution in [3.63, 3.8) is 0 Å². The molecule has 0 aromatic rings. The van der Waals surface area contributed by atoms with Gasteiger partial charge in [0.1, 0.15) is 0 Å². The Kier molecular flexibility index (Phi) is 15.7. The van der Waals surface area contributed by atoms with Crippen LogP contribution in [0.3, 0.4) is 0 Å². The lowest BCUT2D eigenvalue weighted by Crippen LogP contribution is -2.30. The topological polar surface area (TPSA) is 12.0 Å². The summed E-state index contributed by atoms with van der Waals surface area (Å²) in [6.45, 7) is 22.9. The second kappa shape index (κ2) is 16.5. The van der Waals surface area contributed by atoms with E-state index >= 15 is 0 Å². The van der Waals surface area contributed by atoms with E-state index in [1.165, 1.54) is 23.1 Å². The van der Waals surface area contributed by atoms with Gasteiger partial charge in [0.05, 0.1) is 6.04 Å². The van der Waals surface area contributed by atoms with Crippen LogP contribution in [0, 0.1) is 5.92 Å². The molecule has 1 nitrogen and oxygen atoms in total. The predicted molar refractivity (Wildman–Crippen MR) is 133 cm³/mol. The molecule has 0 aromatic carbocycles. The minimum Gasteiger partial charge on any atom is -0.382 e. The summed E-state index contributed by atoms with van der Waals surface area (Å²) >= 11 is 1.94. The quantitative estimate of drug-likeness (QED) is 0.208. The highest BCUT2D eigenvalue weighted by Gasteiger charge is 2.09. The van der Waals surface area contributed by atoms with Crippen LogP contribution in [-0.4, -0.2) is 17.5 Å². The highest BCUT2D eigenvalue weighted by Crippen LogP contribution is 2.15. The molecule has 28 heavy (non-hydrogen) atoms. The van der Waals surface area contributed by atoms with Gasteiger partial charge in [0, 0.05) is 17.2 Å². The van der Waals surface area contributed by atoms with Gasteiger partial charge in [-0.05, 0) is 65.7 Å². The Hall–Kier alpha value is -1.41. The van der Waals surface area contributed by atoms with Gasteiger partial charge in [0.25, 0.3) is 0 Å². The van der Waals surface area contributed by atoms with E-state index in [0.717, 1.165) is 42.9 Å². The first-order valence-corrected chi connectivity index (χ1v) is 11.7. The van der Waals surface area contributed by atoms with E-state index in [2.05, 4.69) is 77.9 Å². The van der Waals surface area contributed by atoms with Crippen LogP contribution in [0.1, 0.15) is 66.7 Å². The SMILES string of the molecule is C=CCC(C)C(=C)NC(C=C)CSC/C=C(\C)CC/C=C(\C)CCC=C(C)C. The molecule has 0 spiro atoms. The molecular formula is C26H43NS. The molecule has 0 saturated heterocycles. The second-order valence-corrected chi connectivity index (χ2v) is 9.01. The molecule has 0 fully saturated rings. The molecule has 0 amide bonds. The molecule has 0 aliphatic carbocycles. The van der Waals surface area contributed by atoms with E-state index in [-0.39, 0.29) is 6.04 Å². The van der Waals surface area contributed by atoms with Gasteiger partial charge in [0.15, 0.2) is 0 Å². The van der Waals surface area contributed by atoms with Crippen molar-refractivity contribution in [3.8, 4) is 0 Å². The first-order valence-electron chi connectivity index (χ1n) is 10.5. The highest BCUT2D eigenvalue weighted by atomic mass is 32.2. The number of hydrogen-bond donors (Lipinski definition) is 1. The van der Waals surface area contributed by atoms with Crippen molar-refractivity contribution in [1.29, 1.82) is 0 Å². The molecule has 2 heteroatoms. The normalized spacial score (nSPS) is 14.2. The second-order valence-electron chi connectivity index (χ2n) is 7.93. The zero-order valence-electron chi connectivity index (χ0n) is 19.0. The van der Waals surface area contributed by atoms with Crippen LogP contribution >= 0.6 is 11.8 Å². The van der Waals surface area contributed by atoms with E-state index in [9.17, 15) is 0 Å². The molecule has 0 aliphatic heterocycles. The van der Waals surface area contributed by atoms with Crippen molar-refractivity contribution in [3.05, 3.63) is 72.5 Å². The maximum atomic E-state index is 4.16. The number of rotatable bonds is 16. The minimum absolute atomic E-state index is 0.268. The Morgan fingerprint density at radius 2 is 1.57 bits per heavy atom. The molecule has 0 heterocycles. The van der Waals surface area contributed by atoms with Crippen LogP contribution < -0.4 is 5.32 Å². The molecule has 0 radical (unpaired) electrons.